The van der Waals surface area contributed by atoms with Crippen LogP contribution in [-0.2, 0) is 14.6 Å². The summed E-state index contributed by atoms with van der Waals surface area (Å²) in [5, 5.41) is 29.7. The van der Waals surface area contributed by atoms with E-state index in [0.29, 0.717) is 5.56 Å². The van der Waals surface area contributed by atoms with Crippen LogP contribution >= 0.6 is 0 Å². The summed E-state index contributed by atoms with van der Waals surface area (Å²) >= 11 is 0. The Balaban J connectivity index is 0.000000262. The van der Waals surface area contributed by atoms with Crippen LogP contribution in [0.15, 0.2) is 41.6 Å². The second-order valence-electron chi connectivity index (χ2n) is 7.53. The third-order valence-electron chi connectivity index (χ3n) is 5.09. The van der Waals surface area contributed by atoms with E-state index in [2.05, 4.69) is 9.97 Å². The zero-order valence-corrected chi connectivity index (χ0v) is 19.1. The number of aliphatic hydroxyl groups excluding tert-OH is 3. The average molecular weight is 451 g/mol. The van der Waals surface area contributed by atoms with Crippen LogP contribution < -0.4 is 0 Å². The smallest absolute Gasteiger partial charge is 0.175 e. The maximum atomic E-state index is 11.5. The lowest BCUT2D eigenvalue weighted by atomic mass is 9.99. The van der Waals surface area contributed by atoms with Crippen molar-refractivity contribution >= 4 is 15.9 Å². The summed E-state index contributed by atoms with van der Waals surface area (Å²) in [7, 11) is -3.38. The molecule has 0 bridgehead atoms. The van der Waals surface area contributed by atoms with Crippen molar-refractivity contribution in [1.29, 1.82) is 0 Å². The normalized spacial score (nSPS) is 24.6. The van der Waals surface area contributed by atoms with E-state index in [9.17, 15) is 23.7 Å². The Morgan fingerprint density at radius 3 is 2.23 bits per heavy atom. The monoisotopic (exact) mass is 450 g/mol. The van der Waals surface area contributed by atoms with E-state index >= 15 is 0 Å². The number of aryl methyl sites for hydroxylation is 2. The highest BCUT2D eigenvalue weighted by molar-refractivity contribution is 7.90. The largest absolute Gasteiger partial charge is 0.388 e. The Morgan fingerprint density at radius 1 is 1.13 bits per heavy atom. The highest BCUT2D eigenvalue weighted by Crippen LogP contribution is 2.31. The van der Waals surface area contributed by atoms with Gasteiger partial charge in [-0.2, -0.15) is 0 Å². The predicted octanol–water partition coefficient (Wildman–Crippen LogP) is 1.76. The van der Waals surface area contributed by atoms with Crippen molar-refractivity contribution in [1.82, 2.24) is 9.97 Å². The van der Waals surface area contributed by atoms with E-state index < -0.39 is 40.4 Å². The molecule has 0 spiro atoms. The fourth-order valence-corrected chi connectivity index (χ4v) is 3.95. The third-order valence-corrected chi connectivity index (χ3v) is 6.20. The minimum Gasteiger partial charge on any atom is -0.388 e. The molecule has 9 heteroatoms. The van der Waals surface area contributed by atoms with Gasteiger partial charge in [0.25, 0.3) is 0 Å². The van der Waals surface area contributed by atoms with Crippen LogP contribution in [0.5, 0.6) is 0 Å². The number of hydrogen-bond acceptors (Lipinski definition) is 8. The van der Waals surface area contributed by atoms with E-state index in [-0.39, 0.29) is 4.90 Å². The van der Waals surface area contributed by atoms with Gasteiger partial charge in [-0.1, -0.05) is 24.3 Å². The van der Waals surface area contributed by atoms with E-state index in [1.165, 1.54) is 18.2 Å². The lowest BCUT2D eigenvalue weighted by Crippen LogP contribution is -2.34. The zero-order chi connectivity index (χ0) is 23.3. The van der Waals surface area contributed by atoms with Gasteiger partial charge in [0.15, 0.2) is 9.84 Å². The second-order valence-corrected chi connectivity index (χ2v) is 9.55. The molecule has 3 N–H and O–H groups in total. The number of rotatable bonds is 4. The molecule has 2 heterocycles. The van der Waals surface area contributed by atoms with E-state index in [0.717, 1.165) is 23.2 Å². The van der Waals surface area contributed by atoms with Gasteiger partial charge in [-0.3, -0.25) is 0 Å². The van der Waals surface area contributed by atoms with Crippen molar-refractivity contribution < 1.29 is 28.5 Å². The second kappa shape index (κ2) is 10.4. The first-order valence-electron chi connectivity index (χ1n) is 9.88. The third kappa shape index (κ3) is 6.18. The van der Waals surface area contributed by atoms with Gasteiger partial charge in [-0.25, -0.2) is 18.4 Å². The average Bonchev–Trinajstić information content (AvgIpc) is 2.97. The number of benzene rings is 1. The van der Waals surface area contributed by atoms with Crippen molar-refractivity contribution in [2.45, 2.75) is 63.1 Å². The highest BCUT2D eigenvalue weighted by atomic mass is 32.2. The molecule has 2 aromatic rings. The minimum absolute atomic E-state index is 0.0788. The summed E-state index contributed by atoms with van der Waals surface area (Å²) < 4.78 is 28.3. The summed E-state index contributed by atoms with van der Waals surface area (Å²) in [4.78, 5) is 8.27. The molecular formula is C22H30N2O6S. The highest BCUT2D eigenvalue weighted by Gasteiger charge is 2.44. The Bertz CT molecular complexity index is 1000. The van der Waals surface area contributed by atoms with Crippen LogP contribution in [0.2, 0.25) is 0 Å². The molecule has 3 rings (SSSR count). The summed E-state index contributed by atoms with van der Waals surface area (Å²) in [6.07, 6.45) is 1.60. The van der Waals surface area contributed by atoms with Gasteiger partial charge in [0.2, 0.25) is 0 Å². The Hall–Kier alpha value is -2.17. The number of aliphatic hydroxyl groups is 3. The molecule has 1 aromatic carbocycles. The number of sulfone groups is 1. The van der Waals surface area contributed by atoms with Crippen LogP contribution in [0.3, 0.4) is 0 Å². The molecule has 1 aliphatic heterocycles. The van der Waals surface area contributed by atoms with Gasteiger partial charge < -0.3 is 20.1 Å². The fourth-order valence-electron chi connectivity index (χ4n) is 3.27. The maximum Gasteiger partial charge on any atom is 0.175 e. The summed E-state index contributed by atoms with van der Waals surface area (Å²) in [6, 6.07) is 5.82. The van der Waals surface area contributed by atoms with E-state index in [1.807, 2.05) is 32.9 Å². The van der Waals surface area contributed by atoms with Crippen LogP contribution in [0.4, 0.5) is 0 Å². The molecule has 1 fully saturated rings. The van der Waals surface area contributed by atoms with Crippen molar-refractivity contribution in [3.05, 3.63) is 59.2 Å². The molecule has 170 valence electrons. The topological polar surface area (TPSA) is 130 Å². The summed E-state index contributed by atoms with van der Waals surface area (Å²) in [6.45, 7) is 7.56. The van der Waals surface area contributed by atoms with Gasteiger partial charge >= 0.3 is 0 Å². The number of aromatic nitrogens is 2. The number of ether oxygens (including phenoxy) is 1. The van der Waals surface area contributed by atoms with Crippen molar-refractivity contribution in [2.24, 2.45) is 0 Å². The molecule has 0 unspecified atom stereocenters. The van der Waals surface area contributed by atoms with E-state index in [4.69, 9.17) is 4.74 Å². The van der Waals surface area contributed by atoms with E-state index in [1.54, 1.807) is 19.3 Å². The number of nitrogens with zero attached hydrogens (tertiary/aromatic N) is 2. The zero-order valence-electron chi connectivity index (χ0n) is 18.3. The summed E-state index contributed by atoms with van der Waals surface area (Å²) in [5.74, 6) is 0. The molecule has 1 aliphatic rings. The Kier molecular flexibility index (Phi) is 8.44. The van der Waals surface area contributed by atoms with Crippen LogP contribution in [0, 0.1) is 13.8 Å². The molecule has 0 aliphatic carbocycles. The van der Waals surface area contributed by atoms with Crippen LogP contribution in [0.25, 0.3) is 6.08 Å². The van der Waals surface area contributed by atoms with Gasteiger partial charge in [-0.05, 0) is 45.4 Å². The molecule has 1 aromatic heterocycles. The van der Waals surface area contributed by atoms with Crippen LogP contribution in [0.1, 0.15) is 42.5 Å². The lowest BCUT2D eigenvalue weighted by molar-refractivity contribution is -0.0636. The van der Waals surface area contributed by atoms with Gasteiger partial charge in [-0.15, -0.1) is 0 Å². The Morgan fingerprint density at radius 2 is 1.74 bits per heavy atom. The maximum absolute atomic E-state index is 11.5. The first-order valence-corrected chi connectivity index (χ1v) is 11.8. The molecule has 0 radical (unpaired) electrons. The molecule has 5 atom stereocenters. The quantitative estimate of drug-likeness (QED) is 0.642. The summed E-state index contributed by atoms with van der Waals surface area (Å²) in [5.41, 5.74) is 3.53. The molecule has 0 amide bonds. The van der Waals surface area contributed by atoms with Crippen molar-refractivity contribution in [3.8, 4) is 0 Å². The minimum atomic E-state index is -3.38. The first kappa shape index (κ1) is 25.1. The molecule has 8 nitrogen and oxygen atoms in total. The first-order chi connectivity index (χ1) is 14.5. The molecule has 0 saturated carbocycles. The van der Waals surface area contributed by atoms with Gasteiger partial charge in [0.1, 0.15) is 30.7 Å². The molecule has 31 heavy (non-hydrogen) atoms. The molecule has 1 saturated heterocycles. The molecular weight excluding hydrogens is 420 g/mol. The number of allylic oxidation sites excluding steroid dienone is 1. The van der Waals surface area contributed by atoms with Gasteiger partial charge in [0.05, 0.1) is 11.0 Å². The van der Waals surface area contributed by atoms with Gasteiger partial charge in [0, 0.05) is 23.2 Å². The van der Waals surface area contributed by atoms with Crippen molar-refractivity contribution in [3.63, 3.8) is 0 Å². The predicted molar refractivity (Wildman–Crippen MR) is 117 cm³/mol. The SMILES string of the molecule is C/C=C\c1c(C)ncnc1C.C[C@@H]1O[C@H]([C@H](O)c2cccc(S(C)(=O)=O)c2)[C@@H](O)[C@H]1O. The Labute approximate surface area is 183 Å². The van der Waals surface area contributed by atoms with Crippen molar-refractivity contribution in [2.75, 3.05) is 6.26 Å². The number of hydrogen-bond donors (Lipinski definition) is 3. The fraction of sp³-hybridized carbons (Fsp3) is 0.455. The lowest BCUT2D eigenvalue weighted by Gasteiger charge is -2.21. The van der Waals surface area contributed by atoms with Crippen LogP contribution in [-0.4, -0.2) is 64.4 Å². The standard InChI is InChI=1S/C13H18O6S.C9H12N2/c1-7-10(14)12(16)13(19-7)11(15)8-4-3-5-9(6-8)20(2,17)18;1-4-5-9-7(2)10-6-11-8(9)3/h3-7,10-16H,1-2H3;4-6H,1-3H3/b;5-4-/t7-,10-,11+,12-,13+;/m0./s1.